The molecule has 0 aromatic heterocycles. The fraction of sp³-hybridized carbons (Fsp3) is 0.562. The van der Waals surface area contributed by atoms with Gasteiger partial charge in [-0.05, 0) is 49.0 Å². The summed E-state index contributed by atoms with van der Waals surface area (Å²) < 4.78 is 0. The van der Waals surface area contributed by atoms with Gasteiger partial charge < -0.3 is 10.0 Å². The van der Waals surface area contributed by atoms with Crippen molar-refractivity contribution < 1.29 is 9.90 Å². The topological polar surface area (TPSA) is 40.5 Å². The Morgan fingerprint density at radius 2 is 1.95 bits per heavy atom. The number of hydrogen-bond donors (Lipinski definition) is 1. The molecule has 1 unspecified atom stereocenters. The lowest BCUT2D eigenvalue weighted by Crippen LogP contribution is -2.31. The molecule has 0 radical (unpaired) electrons. The predicted octanol–water partition coefficient (Wildman–Crippen LogP) is 2.69. The van der Waals surface area contributed by atoms with Crippen molar-refractivity contribution in [3.05, 3.63) is 34.9 Å². The van der Waals surface area contributed by atoms with E-state index in [0.717, 1.165) is 31.5 Å². The first-order valence-corrected chi connectivity index (χ1v) is 7.22. The summed E-state index contributed by atoms with van der Waals surface area (Å²) in [6.07, 6.45) is 3.44. The third kappa shape index (κ3) is 3.16. The zero-order valence-corrected chi connectivity index (χ0v) is 11.9. The molecule has 0 saturated heterocycles. The number of aliphatic carboxylic acids is 1. The molecular weight excluding hydrogens is 238 g/mol. The minimum absolute atomic E-state index is 0.411. The Hall–Kier alpha value is -1.35. The Bertz CT molecular complexity index is 452. The highest BCUT2D eigenvalue weighted by Crippen LogP contribution is 2.27. The van der Waals surface area contributed by atoms with Gasteiger partial charge in [-0.15, -0.1) is 0 Å². The van der Waals surface area contributed by atoms with Gasteiger partial charge in [0.15, 0.2) is 0 Å². The average molecular weight is 261 g/mol. The molecule has 0 fully saturated rings. The molecule has 0 aliphatic heterocycles. The van der Waals surface area contributed by atoms with E-state index in [4.69, 9.17) is 0 Å². The lowest BCUT2D eigenvalue weighted by Gasteiger charge is -2.23. The van der Waals surface area contributed by atoms with Gasteiger partial charge in [-0.1, -0.05) is 32.0 Å². The van der Waals surface area contributed by atoms with Gasteiger partial charge in [0.05, 0.1) is 5.92 Å². The molecule has 104 valence electrons. The van der Waals surface area contributed by atoms with Crippen LogP contribution in [0.5, 0.6) is 0 Å². The summed E-state index contributed by atoms with van der Waals surface area (Å²) >= 11 is 0. The first-order chi connectivity index (χ1) is 9.15. The van der Waals surface area contributed by atoms with E-state index in [-0.39, 0.29) is 0 Å². The van der Waals surface area contributed by atoms with E-state index < -0.39 is 11.9 Å². The molecule has 1 aliphatic rings. The Kier molecular flexibility index (Phi) is 4.59. The molecule has 19 heavy (non-hydrogen) atoms. The van der Waals surface area contributed by atoms with Crippen molar-refractivity contribution in [1.82, 2.24) is 4.90 Å². The molecule has 3 heteroatoms. The number of carbonyl (C=O) groups is 1. The summed E-state index contributed by atoms with van der Waals surface area (Å²) in [6, 6.07) is 6.24. The SMILES string of the molecule is CCN(CC)CC(C(=O)O)c1ccc2c(c1)CCC2. The standard InChI is InChI=1S/C16H23NO2/c1-3-17(4-2)11-15(16(18)19)14-9-8-12-6-5-7-13(12)10-14/h8-10,15H,3-7,11H2,1-2H3,(H,18,19). The zero-order chi connectivity index (χ0) is 13.8. The summed E-state index contributed by atoms with van der Waals surface area (Å²) in [6.45, 7) is 6.54. The highest BCUT2D eigenvalue weighted by molar-refractivity contribution is 5.76. The van der Waals surface area contributed by atoms with Gasteiger partial charge >= 0.3 is 5.97 Å². The lowest BCUT2D eigenvalue weighted by atomic mass is 9.95. The molecule has 1 aliphatic carbocycles. The highest BCUT2D eigenvalue weighted by atomic mass is 16.4. The Labute approximate surface area is 115 Å². The summed E-state index contributed by atoms with van der Waals surface area (Å²) in [4.78, 5) is 13.7. The zero-order valence-electron chi connectivity index (χ0n) is 11.9. The number of likely N-dealkylation sites (N-methyl/N-ethyl adjacent to an activating group) is 1. The van der Waals surface area contributed by atoms with Crippen molar-refractivity contribution in [1.29, 1.82) is 0 Å². The van der Waals surface area contributed by atoms with E-state index in [1.807, 2.05) is 6.07 Å². The first kappa shape index (κ1) is 14.1. The van der Waals surface area contributed by atoms with Gasteiger partial charge in [-0.3, -0.25) is 4.79 Å². The number of benzene rings is 1. The second kappa shape index (κ2) is 6.20. The van der Waals surface area contributed by atoms with E-state index in [1.165, 1.54) is 17.5 Å². The number of fused-ring (bicyclic) bond motifs is 1. The quantitative estimate of drug-likeness (QED) is 0.856. The van der Waals surface area contributed by atoms with Crippen molar-refractivity contribution in [2.75, 3.05) is 19.6 Å². The Balaban J connectivity index is 2.21. The van der Waals surface area contributed by atoms with Gasteiger partial charge in [0, 0.05) is 6.54 Å². The van der Waals surface area contributed by atoms with E-state index in [0.29, 0.717) is 6.54 Å². The molecule has 3 nitrogen and oxygen atoms in total. The summed E-state index contributed by atoms with van der Waals surface area (Å²) in [7, 11) is 0. The van der Waals surface area contributed by atoms with Crippen molar-refractivity contribution >= 4 is 5.97 Å². The maximum Gasteiger partial charge on any atom is 0.312 e. The van der Waals surface area contributed by atoms with Crippen LogP contribution in [0.4, 0.5) is 0 Å². The molecular formula is C16H23NO2. The van der Waals surface area contributed by atoms with Crippen LogP contribution in [0, 0.1) is 0 Å². The second-order valence-electron chi connectivity index (χ2n) is 5.26. The number of nitrogens with zero attached hydrogens (tertiary/aromatic N) is 1. The molecule has 0 saturated carbocycles. The van der Waals surface area contributed by atoms with E-state index in [2.05, 4.69) is 30.9 Å². The van der Waals surface area contributed by atoms with Crippen LogP contribution in [-0.2, 0) is 17.6 Å². The summed E-state index contributed by atoms with van der Waals surface area (Å²) in [5, 5.41) is 9.49. The van der Waals surface area contributed by atoms with Crippen LogP contribution in [0.3, 0.4) is 0 Å². The molecule has 1 atom stereocenters. The molecule has 1 aromatic carbocycles. The van der Waals surface area contributed by atoms with Crippen molar-refractivity contribution in [3.63, 3.8) is 0 Å². The van der Waals surface area contributed by atoms with Crippen LogP contribution in [0.25, 0.3) is 0 Å². The van der Waals surface area contributed by atoms with Crippen molar-refractivity contribution in [2.24, 2.45) is 0 Å². The summed E-state index contributed by atoms with van der Waals surface area (Å²) in [5.74, 6) is -1.13. The van der Waals surface area contributed by atoms with Crippen molar-refractivity contribution in [3.8, 4) is 0 Å². The number of rotatable bonds is 6. The van der Waals surface area contributed by atoms with Crippen LogP contribution in [0.15, 0.2) is 18.2 Å². The smallest absolute Gasteiger partial charge is 0.312 e. The first-order valence-electron chi connectivity index (χ1n) is 7.22. The van der Waals surface area contributed by atoms with Gasteiger partial charge in [-0.2, -0.15) is 0 Å². The van der Waals surface area contributed by atoms with E-state index in [9.17, 15) is 9.90 Å². The molecule has 1 N–H and O–H groups in total. The third-order valence-electron chi connectivity index (χ3n) is 4.16. The highest BCUT2D eigenvalue weighted by Gasteiger charge is 2.23. The van der Waals surface area contributed by atoms with Crippen molar-refractivity contribution in [2.45, 2.75) is 39.0 Å². The Morgan fingerprint density at radius 3 is 2.58 bits per heavy atom. The fourth-order valence-corrected chi connectivity index (χ4v) is 2.87. The maximum absolute atomic E-state index is 11.5. The van der Waals surface area contributed by atoms with Crippen LogP contribution >= 0.6 is 0 Å². The summed E-state index contributed by atoms with van der Waals surface area (Å²) in [5.41, 5.74) is 3.71. The molecule has 2 rings (SSSR count). The molecule has 1 aromatic rings. The third-order valence-corrected chi connectivity index (χ3v) is 4.16. The van der Waals surface area contributed by atoms with E-state index >= 15 is 0 Å². The van der Waals surface area contributed by atoms with Gasteiger partial charge in [0.2, 0.25) is 0 Å². The van der Waals surface area contributed by atoms with Gasteiger partial charge in [-0.25, -0.2) is 0 Å². The van der Waals surface area contributed by atoms with Crippen LogP contribution in [-0.4, -0.2) is 35.6 Å². The average Bonchev–Trinajstić information content (AvgIpc) is 2.87. The van der Waals surface area contributed by atoms with Gasteiger partial charge in [0.1, 0.15) is 0 Å². The molecule has 0 spiro atoms. The molecule has 0 amide bonds. The predicted molar refractivity (Wildman–Crippen MR) is 76.6 cm³/mol. The number of aryl methyl sites for hydroxylation is 2. The number of carboxylic acids is 1. The van der Waals surface area contributed by atoms with Crippen LogP contribution in [0.1, 0.15) is 42.9 Å². The minimum Gasteiger partial charge on any atom is -0.481 e. The number of hydrogen-bond acceptors (Lipinski definition) is 2. The largest absolute Gasteiger partial charge is 0.481 e. The lowest BCUT2D eigenvalue weighted by molar-refractivity contribution is -0.139. The van der Waals surface area contributed by atoms with Crippen LogP contribution in [0.2, 0.25) is 0 Å². The fourth-order valence-electron chi connectivity index (χ4n) is 2.87. The second-order valence-corrected chi connectivity index (χ2v) is 5.26. The maximum atomic E-state index is 11.5. The minimum atomic E-state index is -0.718. The van der Waals surface area contributed by atoms with Crippen LogP contribution < -0.4 is 0 Å². The van der Waals surface area contributed by atoms with E-state index in [1.54, 1.807) is 0 Å². The normalized spacial score (nSPS) is 15.5. The molecule has 0 heterocycles. The monoisotopic (exact) mass is 261 g/mol. The number of carboxylic acid groups (broad SMARTS) is 1. The Morgan fingerprint density at radius 1 is 1.26 bits per heavy atom. The van der Waals surface area contributed by atoms with Gasteiger partial charge in [0.25, 0.3) is 0 Å². The molecule has 0 bridgehead atoms.